The molecule has 0 aliphatic carbocycles. The number of aromatic amines is 1. The normalized spacial score (nSPS) is 16.7. The average molecular weight is 1040 g/mol. The smallest absolute Gasteiger partial charge is 0.254 e. The zero-order valence-corrected chi connectivity index (χ0v) is 45.2. The highest BCUT2D eigenvalue weighted by atomic mass is 32.1. The van der Waals surface area contributed by atoms with Crippen LogP contribution in [-0.2, 0) is 20.9 Å². The van der Waals surface area contributed by atoms with Crippen LogP contribution in [0.5, 0.6) is 11.6 Å². The van der Waals surface area contributed by atoms with Crippen molar-refractivity contribution in [2.75, 3.05) is 44.4 Å². The Morgan fingerprint density at radius 1 is 0.920 bits per heavy atom. The van der Waals surface area contributed by atoms with E-state index in [1.807, 2.05) is 115 Å². The fourth-order valence-corrected chi connectivity index (χ4v) is 11.1. The van der Waals surface area contributed by atoms with Crippen LogP contribution in [0.2, 0.25) is 0 Å². The number of carbonyl (C=O) groups excluding carboxylic acids is 3. The molecule has 5 heterocycles. The first-order valence-corrected chi connectivity index (χ1v) is 27.1. The Morgan fingerprint density at radius 2 is 1.63 bits per heavy atom. The highest BCUT2D eigenvalue weighted by Gasteiger charge is 2.43. The Balaban J connectivity index is 0.843. The molecule has 2 fully saturated rings. The van der Waals surface area contributed by atoms with E-state index in [1.54, 1.807) is 17.4 Å². The zero-order chi connectivity index (χ0) is 53.3. The molecule has 4 atom stereocenters. The minimum absolute atomic E-state index is 0.0335. The number of likely N-dealkylation sites (tertiary alicyclic amines) is 1. The van der Waals surface area contributed by atoms with Crippen LogP contribution in [0.3, 0.4) is 0 Å². The molecule has 0 radical (unpaired) electrons. The number of nitrogens with one attached hydrogen (secondary N) is 3. The standard InChI is InChI=1S/C58H71N7O9S/c1-9-64(44-20-24-71-25-21-44)49-28-43(27-47(37(49)6)55(67)59-31-48-35(4)26-36(5)61-56(48)68)41-16-18-46(19-17-41)72-22-10-11-23-73-52-30-51(74-63-52)53(34(2)3)58(70)65-32-45(66)29-50(65)57(69)62-38(7)40-12-14-42(15-13-40)54-39(8)60-33-75-54/h12-19,26-28,30,33-34,38,44-45,50,53,66H,9-11,20-25,29,31-32H2,1-8H3,(H,59,67)(H,61,68)(H,62,69)/t38-,45+,50-,53?/m0/s1. The van der Waals surface area contributed by atoms with Gasteiger partial charge in [-0.15, -0.1) is 11.3 Å². The largest absolute Gasteiger partial charge is 0.494 e. The lowest BCUT2D eigenvalue weighted by atomic mass is 9.91. The van der Waals surface area contributed by atoms with Gasteiger partial charge in [0.2, 0.25) is 11.8 Å². The van der Waals surface area contributed by atoms with Crippen molar-refractivity contribution in [2.45, 2.75) is 124 Å². The molecule has 3 amide bonds. The summed E-state index contributed by atoms with van der Waals surface area (Å²) < 4.78 is 23.5. The molecule has 2 saturated heterocycles. The third kappa shape index (κ3) is 13.0. The van der Waals surface area contributed by atoms with Gasteiger partial charge in [0, 0.05) is 73.9 Å². The fourth-order valence-electron chi connectivity index (χ4n) is 10.3. The summed E-state index contributed by atoms with van der Waals surface area (Å²) in [5.41, 5.74) is 11.0. The van der Waals surface area contributed by atoms with Gasteiger partial charge in [0.1, 0.15) is 17.7 Å². The number of pyridine rings is 1. The van der Waals surface area contributed by atoms with E-state index < -0.39 is 18.1 Å². The second kappa shape index (κ2) is 24.7. The molecule has 8 rings (SSSR count). The molecule has 0 bridgehead atoms. The van der Waals surface area contributed by atoms with E-state index in [-0.39, 0.29) is 66.7 Å². The minimum Gasteiger partial charge on any atom is -0.494 e. The van der Waals surface area contributed by atoms with Crippen molar-refractivity contribution < 1.29 is 38.2 Å². The number of anilines is 1. The summed E-state index contributed by atoms with van der Waals surface area (Å²) in [4.78, 5) is 66.9. The number of ether oxygens (including phenoxy) is 3. The topological polar surface area (TPSA) is 201 Å². The highest BCUT2D eigenvalue weighted by molar-refractivity contribution is 7.13. The number of β-amino-alcohol motifs (C(OH)–C–C–N with tert-alkyl or cyclic N) is 1. The number of rotatable bonds is 21. The molecule has 2 aliphatic rings. The Hall–Kier alpha value is -6.82. The Bertz CT molecular complexity index is 2980. The third-order valence-corrected chi connectivity index (χ3v) is 15.4. The number of benzene rings is 3. The molecule has 2 aliphatic heterocycles. The van der Waals surface area contributed by atoms with Gasteiger partial charge < -0.3 is 49.3 Å². The van der Waals surface area contributed by atoms with Crippen LogP contribution in [0.1, 0.15) is 122 Å². The Morgan fingerprint density at radius 3 is 2.29 bits per heavy atom. The lowest BCUT2D eigenvalue weighted by molar-refractivity contribution is -0.141. The van der Waals surface area contributed by atoms with Gasteiger partial charge in [-0.2, -0.15) is 0 Å². The Kier molecular flexibility index (Phi) is 17.9. The first kappa shape index (κ1) is 54.4. The van der Waals surface area contributed by atoms with E-state index in [0.29, 0.717) is 61.9 Å². The summed E-state index contributed by atoms with van der Waals surface area (Å²) in [6.45, 7) is 18.6. The molecule has 1 unspecified atom stereocenters. The third-order valence-electron chi connectivity index (χ3n) is 14.5. The molecular formula is C58H71N7O9S. The molecule has 6 aromatic rings. The van der Waals surface area contributed by atoms with Gasteiger partial charge in [0.15, 0.2) is 5.76 Å². The monoisotopic (exact) mass is 1040 g/mol. The van der Waals surface area contributed by atoms with Gasteiger partial charge in [-0.3, -0.25) is 19.2 Å². The van der Waals surface area contributed by atoms with Crippen LogP contribution in [0, 0.1) is 33.6 Å². The van der Waals surface area contributed by atoms with Crippen LogP contribution in [-0.4, -0.2) is 101 Å². The van der Waals surface area contributed by atoms with Crippen molar-refractivity contribution in [3.63, 3.8) is 0 Å². The van der Waals surface area contributed by atoms with Crippen LogP contribution < -0.4 is 30.6 Å². The number of hydrogen-bond acceptors (Lipinski definition) is 13. The highest BCUT2D eigenvalue weighted by Crippen LogP contribution is 2.36. The second-order valence-electron chi connectivity index (χ2n) is 20.2. The number of aliphatic hydroxyl groups is 1. The van der Waals surface area contributed by atoms with Crippen molar-refractivity contribution in [3.05, 3.63) is 134 Å². The lowest BCUT2D eigenvalue weighted by Crippen LogP contribution is -2.48. The molecule has 4 N–H and O–H groups in total. The van der Waals surface area contributed by atoms with E-state index in [9.17, 15) is 24.3 Å². The number of aromatic nitrogens is 3. The van der Waals surface area contributed by atoms with Gasteiger partial charge >= 0.3 is 0 Å². The Labute approximate surface area is 443 Å². The van der Waals surface area contributed by atoms with Gasteiger partial charge in [-0.05, 0) is 142 Å². The number of H-pyrrole nitrogens is 1. The predicted octanol–water partition coefficient (Wildman–Crippen LogP) is 9.14. The first-order valence-electron chi connectivity index (χ1n) is 26.2. The molecule has 3 aromatic heterocycles. The number of aliphatic hydroxyl groups excluding tert-OH is 1. The predicted molar refractivity (Wildman–Crippen MR) is 290 cm³/mol. The summed E-state index contributed by atoms with van der Waals surface area (Å²) in [5.74, 6) is -0.554. The van der Waals surface area contributed by atoms with Gasteiger partial charge in [-0.25, -0.2) is 4.98 Å². The van der Waals surface area contributed by atoms with Crippen molar-refractivity contribution in [1.82, 2.24) is 30.7 Å². The van der Waals surface area contributed by atoms with E-state index >= 15 is 0 Å². The maximum Gasteiger partial charge on any atom is 0.254 e. The maximum absolute atomic E-state index is 14.2. The molecule has 0 spiro atoms. The fraction of sp³-hybridized carbons (Fsp3) is 0.448. The maximum atomic E-state index is 14.2. The number of amides is 3. The van der Waals surface area contributed by atoms with Crippen molar-refractivity contribution >= 4 is 34.7 Å². The molecule has 3 aromatic carbocycles. The molecular weight excluding hydrogens is 971 g/mol. The van der Waals surface area contributed by atoms with Gasteiger partial charge in [0.05, 0.1) is 41.4 Å². The average Bonchev–Trinajstić information content (AvgIpc) is 4.15. The summed E-state index contributed by atoms with van der Waals surface area (Å²) in [5, 5.41) is 20.9. The van der Waals surface area contributed by atoms with Crippen LogP contribution in [0.25, 0.3) is 21.6 Å². The van der Waals surface area contributed by atoms with E-state index in [0.717, 1.165) is 74.7 Å². The van der Waals surface area contributed by atoms with Gasteiger partial charge in [0.25, 0.3) is 17.3 Å². The molecule has 75 heavy (non-hydrogen) atoms. The van der Waals surface area contributed by atoms with Crippen molar-refractivity contribution in [3.8, 4) is 33.2 Å². The molecule has 398 valence electrons. The number of hydrogen-bond donors (Lipinski definition) is 4. The summed E-state index contributed by atoms with van der Waals surface area (Å²) in [6, 6.07) is 22.6. The molecule has 16 nitrogen and oxygen atoms in total. The van der Waals surface area contributed by atoms with Crippen LogP contribution in [0.4, 0.5) is 5.69 Å². The summed E-state index contributed by atoms with van der Waals surface area (Å²) in [7, 11) is 0. The van der Waals surface area contributed by atoms with E-state index in [2.05, 4.69) is 43.6 Å². The number of thiazole rings is 1. The van der Waals surface area contributed by atoms with E-state index in [4.69, 9.17) is 18.7 Å². The van der Waals surface area contributed by atoms with E-state index in [1.165, 1.54) is 4.90 Å². The van der Waals surface area contributed by atoms with Gasteiger partial charge in [-0.1, -0.05) is 50.2 Å². The number of aryl methyl sites for hydroxylation is 3. The molecule has 0 saturated carbocycles. The van der Waals surface area contributed by atoms with Crippen molar-refractivity contribution in [2.24, 2.45) is 5.92 Å². The first-order chi connectivity index (χ1) is 36.1. The molecule has 17 heteroatoms. The van der Waals surface area contributed by atoms with Crippen LogP contribution >= 0.6 is 11.3 Å². The lowest BCUT2D eigenvalue weighted by Gasteiger charge is -2.37. The minimum atomic E-state index is -0.849. The zero-order valence-electron chi connectivity index (χ0n) is 44.4. The number of nitrogens with zero attached hydrogens (tertiary/aromatic N) is 4. The number of carbonyl (C=O) groups is 3. The quantitative estimate of drug-likeness (QED) is 0.0499. The SMILES string of the molecule is CCN(c1cc(-c2ccc(OCCCCOc3cc(C(C(=O)N4C[C@H](O)C[C@H]4C(=O)N[C@@H](C)c4ccc(-c5scnc5C)cc4)C(C)C)on3)cc2)cc(C(=O)NCc2c(C)cc(C)[nH]c2=O)c1C)C1CCOCC1. The van der Waals surface area contributed by atoms with Crippen molar-refractivity contribution in [1.29, 1.82) is 0 Å². The second-order valence-corrected chi connectivity index (χ2v) is 21.0. The summed E-state index contributed by atoms with van der Waals surface area (Å²) in [6.07, 6.45) is 2.45. The summed E-state index contributed by atoms with van der Waals surface area (Å²) >= 11 is 1.58. The van der Waals surface area contributed by atoms with Crippen LogP contribution in [0.15, 0.2) is 87.6 Å². The number of unbranched alkanes of at least 4 members (excludes halogenated alkanes) is 1.